The summed E-state index contributed by atoms with van der Waals surface area (Å²) in [5.74, 6) is -0.841. The Balaban J connectivity index is 1.72. The number of nitro groups is 1. The summed E-state index contributed by atoms with van der Waals surface area (Å²) >= 11 is 6.19. The smallest absolute Gasteiger partial charge is 0.273 e. The van der Waals surface area contributed by atoms with E-state index in [1.54, 1.807) is 6.07 Å². The van der Waals surface area contributed by atoms with Crippen molar-refractivity contribution in [2.45, 2.75) is 6.42 Å². The van der Waals surface area contributed by atoms with E-state index in [1.807, 2.05) is 30.3 Å². The third-order valence-corrected chi connectivity index (χ3v) is 4.92. The van der Waals surface area contributed by atoms with E-state index in [2.05, 4.69) is 5.43 Å². The third kappa shape index (κ3) is 4.57. The first-order chi connectivity index (χ1) is 12.9. The molecule has 1 heterocycles. The van der Waals surface area contributed by atoms with E-state index in [0.717, 1.165) is 22.3 Å². The monoisotopic (exact) mass is 399 g/mol. The molecule has 2 amide bonds. The minimum absolute atomic E-state index is 0.0737. The second kappa shape index (κ2) is 8.11. The number of non-ortho nitro benzene ring substituents is 1. The SMILES string of the molecule is O=C(Cc1ccccc1)NN1C(=O)C(=Cc2cccc([N+](=O)[O-])c2)SC1=S. The van der Waals surface area contributed by atoms with Gasteiger partial charge in [-0.3, -0.25) is 25.1 Å². The number of nitro benzene ring substituents is 1. The fourth-order valence-corrected chi connectivity index (χ4v) is 3.57. The first-order valence-corrected chi connectivity index (χ1v) is 9.02. The van der Waals surface area contributed by atoms with Gasteiger partial charge >= 0.3 is 0 Å². The summed E-state index contributed by atoms with van der Waals surface area (Å²) in [6.07, 6.45) is 1.62. The zero-order valence-electron chi connectivity index (χ0n) is 13.8. The Kier molecular flexibility index (Phi) is 5.63. The number of amides is 2. The van der Waals surface area contributed by atoms with Crippen molar-refractivity contribution in [1.82, 2.24) is 10.4 Å². The molecule has 3 rings (SSSR count). The molecule has 0 aromatic heterocycles. The highest BCUT2D eigenvalue weighted by molar-refractivity contribution is 8.26. The molecule has 1 fully saturated rings. The molecule has 2 aromatic rings. The van der Waals surface area contributed by atoms with Gasteiger partial charge in [-0.2, -0.15) is 5.01 Å². The molecular weight excluding hydrogens is 386 g/mol. The molecule has 2 aromatic carbocycles. The van der Waals surface area contributed by atoms with Crippen LogP contribution >= 0.6 is 24.0 Å². The van der Waals surface area contributed by atoms with Crippen LogP contribution in [0.2, 0.25) is 0 Å². The van der Waals surface area contributed by atoms with Crippen molar-refractivity contribution >= 4 is 51.9 Å². The van der Waals surface area contributed by atoms with Crippen molar-refractivity contribution in [1.29, 1.82) is 0 Å². The molecular formula is C18H13N3O4S2. The minimum Gasteiger partial charge on any atom is -0.273 e. The van der Waals surface area contributed by atoms with Crippen LogP contribution < -0.4 is 5.43 Å². The Bertz CT molecular complexity index is 960. The van der Waals surface area contributed by atoms with E-state index in [4.69, 9.17) is 12.2 Å². The van der Waals surface area contributed by atoms with Gasteiger partial charge in [0, 0.05) is 12.1 Å². The maximum atomic E-state index is 12.5. The third-order valence-electron chi connectivity index (χ3n) is 3.62. The number of rotatable bonds is 5. The quantitative estimate of drug-likeness (QED) is 0.360. The van der Waals surface area contributed by atoms with E-state index in [9.17, 15) is 19.7 Å². The van der Waals surface area contributed by atoms with E-state index in [0.29, 0.717) is 5.56 Å². The van der Waals surface area contributed by atoms with Crippen molar-refractivity contribution in [3.05, 3.63) is 80.7 Å². The lowest BCUT2D eigenvalue weighted by molar-refractivity contribution is -0.384. The Morgan fingerprint density at radius 3 is 2.67 bits per heavy atom. The Hall–Kier alpha value is -3.04. The highest BCUT2D eigenvalue weighted by atomic mass is 32.2. The second-order valence-electron chi connectivity index (χ2n) is 5.57. The number of hydrazine groups is 1. The average Bonchev–Trinajstić information content (AvgIpc) is 2.90. The number of carbonyl (C=O) groups excluding carboxylic acids is 2. The van der Waals surface area contributed by atoms with Gasteiger partial charge in [0.05, 0.1) is 16.2 Å². The Labute approximate surface area is 164 Å². The summed E-state index contributed by atoms with van der Waals surface area (Å²) in [7, 11) is 0. The standard InChI is InChI=1S/C18H13N3O4S2/c22-16(11-12-5-2-1-3-6-12)19-20-17(23)15(27-18(20)26)10-13-7-4-8-14(9-13)21(24)25/h1-10H,11H2,(H,19,22). The van der Waals surface area contributed by atoms with Gasteiger partial charge in [0.1, 0.15) is 0 Å². The van der Waals surface area contributed by atoms with Gasteiger partial charge in [-0.15, -0.1) is 0 Å². The molecule has 9 heteroatoms. The van der Waals surface area contributed by atoms with Crippen LogP contribution in [0.25, 0.3) is 6.08 Å². The van der Waals surface area contributed by atoms with Crippen molar-refractivity contribution in [2.75, 3.05) is 0 Å². The highest BCUT2D eigenvalue weighted by Crippen LogP contribution is 2.31. The van der Waals surface area contributed by atoms with E-state index in [1.165, 1.54) is 24.3 Å². The maximum Gasteiger partial charge on any atom is 0.285 e. The normalized spacial score (nSPS) is 15.3. The van der Waals surface area contributed by atoms with E-state index < -0.39 is 10.8 Å². The van der Waals surface area contributed by atoms with Crippen LogP contribution in [0.5, 0.6) is 0 Å². The molecule has 27 heavy (non-hydrogen) atoms. The molecule has 136 valence electrons. The van der Waals surface area contributed by atoms with Crippen LogP contribution in [0, 0.1) is 10.1 Å². The Morgan fingerprint density at radius 1 is 1.22 bits per heavy atom. The number of carbonyl (C=O) groups is 2. The lowest BCUT2D eigenvalue weighted by Crippen LogP contribution is -2.45. The minimum atomic E-state index is -0.508. The van der Waals surface area contributed by atoms with Crippen molar-refractivity contribution in [2.24, 2.45) is 0 Å². The first-order valence-electron chi connectivity index (χ1n) is 7.80. The summed E-state index contributed by atoms with van der Waals surface area (Å²) in [4.78, 5) is 35.3. The molecule has 1 aliphatic heterocycles. The molecule has 1 saturated heterocycles. The van der Waals surface area contributed by atoms with E-state index >= 15 is 0 Å². The van der Waals surface area contributed by atoms with Crippen LogP contribution in [0.3, 0.4) is 0 Å². The number of thioether (sulfide) groups is 1. The molecule has 0 spiro atoms. The summed E-state index contributed by atoms with van der Waals surface area (Å²) in [5, 5.41) is 11.9. The lowest BCUT2D eigenvalue weighted by Gasteiger charge is -2.15. The molecule has 0 unspecified atom stereocenters. The van der Waals surface area contributed by atoms with Crippen LogP contribution in [-0.4, -0.2) is 26.1 Å². The lowest BCUT2D eigenvalue weighted by atomic mass is 10.1. The fraction of sp³-hybridized carbons (Fsp3) is 0.0556. The van der Waals surface area contributed by atoms with Crippen LogP contribution in [0.1, 0.15) is 11.1 Å². The molecule has 0 bridgehead atoms. The largest absolute Gasteiger partial charge is 0.285 e. The predicted octanol–water partition coefficient (Wildman–Crippen LogP) is 3.07. The molecule has 0 radical (unpaired) electrons. The van der Waals surface area contributed by atoms with Crippen LogP contribution in [0.4, 0.5) is 5.69 Å². The second-order valence-corrected chi connectivity index (χ2v) is 7.24. The zero-order valence-corrected chi connectivity index (χ0v) is 15.5. The summed E-state index contributed by atoms with van der Waals surface area (Å²) in [5.41, 5.74) is 3.75. The predicted molar refractivity (Wildman–Crippen MR) is 106 cm³/mol. The van der Waals surface area contributed by atoms with Gasteiger partial charge in [-0.1, -0.05) is 54.2 Å². The maximum absolute atomic E-state index is 12.5. The molecule has 0 saturated carbocycles. The first kappa shape index (κ1) is 18.7. The van der Waals surface area contributed by atoms with Gasteiger partial charge in [-0.05, 0) is 29.4 Å². The molecule has 0 aliphatic carbocycles. The highest BCUT2D eigenvalue weighted by Gasteiger charge is 2.33. The molecule has 1 N–H and O–H groups in total. The zero-order chi connectivity index (χ0) is 19.4. The molecule has 1 aliphatic rings. The fourth-order valence-electron chi connectivity index (χ4n) is 2.39. The van der Waals surface area contributed by atoms with Crippen LogP contribution in [-0.2, 0) is 16.0 Å². The van der Waals surface area contributed by atoms with Crippen molar-refractivity contribution < 1.29 is 14.5 Å². The van der Waals surface area contributed by atoms with Crippen LogP contribution in [0.15, 0.2) is 59.5 Å². The number of nitrogens with one attached hydrogen (secondary N) is 1. The number of thiocarbonyl (C=S) groups is 1. The van der Waals surface area contributed by atoms with Gasteiger partial charge in [-0.25, -0.2) is 0 Å². The summed E-state index contributed by atoms with van der Waals surface area (Å²) < 4.78 is 0.193. The van der Waals surface area contributed by atoms with E-state index in [-0.39, 0.29) is 27.2 Å². The molecule has 0 atom stereocenters. The molecule has 7 nitrogen and oxygen atoms in total. The summed E-state index contributed by atoms with van der Waals surface area (Å²) in [6.45, 7) is 0. The number of hydrogen-bond acceptors (Lipinski definition) is 6. The number of nitrogens with zero attached hydrogens (tertiary/aromatic N) is 2. The Morgan fingerprint density at radius 2 is 1.96 bits per heavy atom. The number of benzene rings is 2. The van der Waals surface area contributed by atoms with Gasteiger partial charge in [0.15, 0.2) is 4.32 Å². The van der Waals surface area contributed by atoms with Crippen molar-refractivity contribution in [3.8, 4) is 0 Å². The van der Waals surface area contributed by atoms with Gasteiger partial charge < -0.3 is 0 Å². The van der Waals surface area contributed by atoms with Crippen molar-refractivity contribution in [3.63, 3.8) is 0 Å². The topological polar surface area (TPSA) is 92.6 Å². The van der Waals surface area contributed by atoms with Gasteiger partial charge in [0.2, 0.25) is 5.91 Å². The summed E-state index contributed by atoms with van der Waals surface area (Å²) in [6, 6.07) is 15.0. The average molecular weight is 399 g/mol. The van der Waals surface area contributed by atoms with Gasteiger partial charge in [0.25, 0.3) is 11.6 Å². The number of hydrogen-bond donors (Lipinski definition) is 1.